The summed E-state index contributed by atoms with van der Waals surface area (Å²) in [6.45, 7) is 0. The number of H-pyrrole nitrogens is 1. The van der Waals surface area contributed by atoms with E-state index in [4.69, 9.17) is 5.11 Å². The molecule has 0 radical (unpaired) electrons. The van der Waals surface area contributed by atoms with Gasteiger partial charge >= 0.3 is 5.97 Å². The van der Waals surface area contributed by atoms with Crippen molar-refractivity contribution in [2.75, 3.05) is 0 Å². The molecule has 0 fully saturated rings. The molecule has 0 aliphatic carbocycles. The minimum absolute atomic E-state index is 0.00667. The second-order valence-corrected chi connectivity index (χ2v) is 3.82. The molecule has 0 aliphatic heterocycles. The van der Waals surface area contributed by atoms with Gasteiger partial charge in [0.1, 0.15) is 0 Å². The number of carbonyl (C=O) groups is 1. The van der Waals surface area contributed by atoms with Crippen LogP contribution >= 0.6 is 22.6 Å². The van der Waals surface area contributed by atoms with E-state index < -0.39 is 29.9 Å². The van der Waals surface area contributed by atoms with Crippen LogP contribution < -0.4 is 5.56 Å². The van der Waals surface area contributed by atoms with Gasteiger partial charge in [-0.3, -0.25) is 9.59 Å². The minimum Gasteiger partial charge on any atom is -0.481 e. The van der Waals surface area contributed by atoms with Crippen LogP contribution in [0.2, 0.25) is 0 Å². The van der Waals surface area contributed by atoms with Crippen molar-refractivity contribution in [1.29, 1.82) is 0 Å². The average molecular weight is 329 g/mol. The van der Waals surface area contributed by atoms with Gasteiger partial charge in [-0.15, -0.1) is 0 Å². The minimum atomic E-state index is -2.80. The first-order chi connectivity index (χ1) is 6.93. The lowest BCUT2D eigenvalue weighted by atomic mass is 10.1. The average Bonchev–Trinajstić information content (AvgIpc) is 2.12. The Hall–Kier alpha value is -0.990. The molecule has 82 valence electrons. The highest BCUT2D eigenvalue weighted by molar-refractivity contribution is 14.1. The molecule has 1 rings (SSSR count). The van der Waals surface area contributed by atoms with Crippen molar-refractivity contribution in [3.8, 4) is 0 Å². The van der Waals surface area contributed by atoms with Gasteiger partial charge in [-0.05, 0) is 28.2 Å². The number of pyridine rings is 1. The largest absolute Gasteiger partial charge is 0.481 e. The van der Waals surface area contributed by atoms with Gasteiger partial charge < -0.3 is 10.1 Å². The number of halogens is 3. The number of alkyl halides is 2. The van der Waals surface area contributed by atoms with Gasteiger partial charge in [-0.25, -0.2) is 8.78 Å². The SMILES string of the molecule is O=C(O)Cc1c(C(F)F)c[nH]c(=O)c1I. The maximum absolute atomic E-state index is 12.5. The Kier molecular flexibility index (Phi) is 3.77. The number of carboxylic acids is 1. The lowest BCUT2D eigenvalue weighted by molar-refractivity contribution is -0.136. The summed E-state index contributed by atoms with van der Waals surface area (Å²) >= 11 is 1.56. The molecule has 2 N–H and O–H groups in total. The van der Waals surface area contributed by atoms with Crippen LogP contribution in [0.3, 0.4) is 0 Å². The van der Waals surface area contributed by atoms with Gasteiger partial charge in [0.2, 0.25) is 0 Å². The number of aromatic nitrogens is 1. The Morgan fingerprint density at radius 1 is 1.60 bits per heavy atom. The lowest BCUT2D eigenvalue weighted by Crippen LogP contribution is -2.17. The second kappa shape index (κ2) is 4.69. The molecular weight excluding hydrogens is 323 g/mol. The standard InChI is InChI=1S/C8H6F2INO3/c9-7(10)4-2-12-8(15)6(11)3(4)1-5(13)14/h2,7H,1H2,(H,12,15)(H,13,14). The number of hydrogen-bond donors (Lipinski definition) is 2. The van der Waals surface area contributed by atoms with Gasteiger partial charge in [0, 0.05) is 11.8 Å². The van der Waals surface area contributed by atoms with Crippen LogP contribution in [-0.2, 0) is 11.2 Å². The van der Waals surface area contributed by atoms with Crippen molar-refractivity contribution >= 4 is 28.6 Å². The molecule has 1 aromatic rings. The Morgan fingerprint density at radius 3 is 2.67 bits per heavy atom. The number of aliphatic carboxylic acids is 1. The predicted octanol–water partition coefficient (Wildman–Crippen LogP) is 1.54. The van der Waals surface area contributed by atoms with Crippen LogP contribution in [0.15, 0.2) is 11.0 Å². The lowest BCUT2D eigenvalue weighted by Gasteiger charge is -2.07. The molecule has 0 bridgehead atoms. The Morgan fingerprint density at radius 2 is 2.20 bits per heavy atom. The highest BCUT2D eigenvalue weighted by Crippen LogP contribution is 2.24. The molecule has 0 atom stereocenters. The van der Waals surface area contributed by atoms with E-state index in [1.807, 2.05) is 0 Å². The summed E-state index contributed by atoms with van der Waals surface area (Å²) < 4.78 is 24.9. The fourth-order valence-electron chi connectivity index (χ4n) is 1.08. The smallest absolute Gasteiger partial charge is 0.307 e. The predicted molar refractivity (Wildman–Crippen MR) is 56.1 cm³/mol. The highest BCUT2D eigenvalue weighted by atomic mass is 127. The maximum Gasteiger partial charge on any atom is 0.307 e. The third kappa shape index (κ3) is 2.74. The van der Waals surface area contributed by atoms with Gasteiger partial charge in [0.25, 0.3) is 12.0 Å². The van der Waals surface area contributed by atoms with E-state index in [0.717, 1.165) is 6.20 Å². The monoisotopic (exact) mass is 329 g/mol. The van der Waals surface area contributed by atoms with Gasteiger partial charge in [-0.1, -0.05) is 0 Å². The van der Waals surface area contributed by atoms with Crippen molar-refractivity contribution < 1.29 is 18.7 Å². The van der Waals surface area contributed by atoms with E-state index in [0.29, 0.717) is 0 Å². The first kappa shape index (κ1) is 12.1. The molecule has 0 amide bonds. The van der Waals surface area contributed by atoms with Crippen LogP contribution in [0.4, 0.5) is 8.78 Å². The molecule has 1 aromatic heterocycles. The number of carboxylic acid groups (broad SMARTS) is 1. The second-order valence-electron chi connectivity index (χ2n) is 2.74. The number of rotatable bonds is 3. The molecule has 1 heterocycles. The molecule has 0 aliphatic rings. The number of aromatic amines is 1. The van der Waals surface area contributed by atoms with Crippen LogP contribution in [0.5, 0.6) is 0 Å². The molecular formula is C8H6F2INO3. The van der Waals surface area contributed by atoms with Crippen molar-refractivity contribution in [3.63, 3.8) is 0 Å². The van der Waals surface area contributed by atoms with Crippen LogP contribution in [0.25, 0.3) is 0 Å². The Labute approximate surface area is 96.5 Å². The van der Waals surface area contributed by atoms with Gasteiger partial charge in [0.15, 0.2) is 0 Å². The molecule has 0 saturated heterocycles. The fraction of sp³-hybridized carbons (Fsp3) is 0.250. The van der Waals surface area contributed by atoms with Crippen molar-refractivity contribution in [1.82, 2.24) is 4.98 Å². The van der Waals surface area contributed by atoms with E-state index in [1.54, 1.807) is 22.6 Å². The molecule has 15 heavy (non-hydrogen) atoms. The third-order valence-electron chi connectivity index (χ3n) is 1.73. The zero-order valence-corrected chi connectivity index (χ0v) is 9.42. The van der Waals surface area contributed by atoms with Crippen LogP contribution in [-0.4, -0.2) is 16.1 Å². The summed E-state index contributed by atoms with van der Waals surface area (Å²) in [7, 11) is 0. The topological polar surface area (TPSA) is 70.2 Å². The van der Waals surface area contributed by atoms with E-state index in [1.165, 1.54) is 0 Å². The highest BCUT2D eigenvalue weighted by Gasteiger charge is 2.19. The van der Waals surface area contributed by atoms with E-state index in [2.05, 4.69) is 4.98 Å². The summed E-state index contributed by atoms with van der Waals surface area (Å²) in [5.74, 6) is -1.25. The summed E-state index contributed by atoms with van der Waals surface area (Å²) in [6.07, 6.45) is -2.53. The summed E-state index contributed by atoms with van der Waals surface area (Å²) in [5.41, 5.74) is -1.13. The Bertz CT molecular complexity index is 444. The molecule has 0 unspecified atom stereocenters. The first-order valence-electron chi connectivity index (χ1n) is 3.83. The van der Waals surface area contributed by atoms with Crippen LogP contribution in [0, 0.1) is 3.57 Å². The number of hydrogen-bond acceptors (Lipinski definition) is 2. The summed E-state index contributed by atoms with van der Waals surface area (Å²) in [6, 6.07) is 0. The fourth-order valence-corrected chi connectivity index (χ4v) is 1.74. The summed E-state index contributed by atoms with van der Waals surface area (Å²) in [4.78, 5) is 23.7. The zero-order chi connectivity index (χ0) is 11.6. The van der Waals surface area contributed by atoms with Gasteiger partial charge in [-0.2, -0.15) is 0 Å². The normalized spacial score (nSPS) is 10.7. The third-order valence-corrected chi connectivity index (χ3v) is 2.88. The van der Waals surface area contributed by atoms with Crippen LogP contribution in [0.1, 0.15) is 17.6 Å². The zero-order valence-electron chi connectivity index (χ0n) is 7.26. The van der Waals surface area contributed by atoms with Crippen molar-refractivity contribution in [3.05, 3.63) is 31.2 Å². The van der Waals surface area contributed by atoms with Gasteiger partial charge in [0.05, 0.1) is 9.99 Å². The molecule has 0 spiro atoms. The molecule has 0 saturated carbocycles. The summed E-state index contributed by atoms with van der Waals surface area (Å²) in [5, 5.41) is 8.53. The molecule has 4 nitrogen and oxygen atoms in total. The molecule has 7 heteroatoms. The maximum atomic E-state index is 12.5. The van der Waals surface area contributed by atoms with E-state index in [9.17, 15) is 18.4 Å². The first-order valence-corrected chi connectivity index (χ1v) is 4.91. The quantitative estimate of drug-likeness (QED) is 0.827. The van der Waals surface area contributed by atoms with E-state index in [-0.39, 0.29) is 9.13 Å². The number of nitrogens with one attached hydrogen (secondary N) is 1. The van der Waals surface area contributed by atoms with E-state index >= 15 is 0 Å². The molecule has 0 aromatic carbocycles. The van der Waals surface area contributed by atoms with Crippen molar-refractivity contribution in [2.24, 2.45) is 0 Å². The Balaban J connectivity index is 3.34. The van der Waals surface area contributed by atoms with Crippen molar-refractivity contribution in [2.45, 2.75) is 12.8 Å².